The summed E-state index contributed by atoms with van der Waals surface area (Å²) in [5.41, 5.74) is 2.56. The Morgan fingerprint density at radius 1 is 1.29 bits per heavy atom. The van der Waals surface area contributed by atoms with Gasteiger partial charge in [-0.05, 0) is 24.6 Å². The lowest BCUT2D eigenvalue weighted by Crippen LogP contribution is -2.05. The van der Waals surface area contributed by atoms with E-state index in [4.69, 9.17) is 0 Å². The van der Waals surface area contributed by atoms with Gasteiger partial charge in [-0.25, -0.2) is 9.89 Å². The largest absolute Gasteiger partial charge is 0.268 e. The average molecular weight is 227 g/mol. The highest BCUT2D eigenvalue weighted by molar-refractivity contribution is 5.66. The predicted octanol–water partition coefficient (Wildman–Crippen LogP) is 1.71. The fourth-order valence-corrected chi connectivity index (χ4v) is 1.44. The highest BCUT2D eigenvalue weighted by atomic mass is 16.1. The van der Waals surface area contributed by atoms with E-state index in [1.807, 2.05) is 19.1 Å². The first kappa shape index (κ1) is 11.0. The van der Waals surface area contributed by atoms with Gasteiger partial charge >= 0.3 is 0 Å². The molecule has 0 unspecified atom stereocenters. The zero-order valence-corrected chi connectivity index (χ0v) is 9.10. The Morgan fingerprint density at radius 3 is 2.76 bits per heavy atom. The molecule has 1 heterocycles. The lowest BCUT2D eigenvalue weighted by molar-refractivity contribution is 0.565. The third-order valence-corrected chi connectivity index (χ3v) is 2.35. The van der Waals surface area contributed by atoms with Crippen molar-refractivity contribution < 1.29 is 4.79 Å². The van der Waals surface area contributed by atoms with E-state index in [0.717, 1.165) is 11.1 Å². The summed E-state index contributed by atoms with van der Waals surface area (Å²) in [5.74, 6) is 0. The molecule has 17 heavy (non-hydrogen) atoms. The van der Waals surface area contributed by atoms with Crippen LogP contribution in [-0.4, -0.2) is 16.3 Å². The molecule has 0 bridgehead atoms. The molecular weight excluding hydrogens is 218 g/mol. The number of nitrogens with zero attached hydrogens (tertiary/aromatic N) is 2. The van der Waals surface area contributed by atoms with Crippen molar-refractivity contribution in [3.63, 3.8) is 0 Å². The SMILES string of the molecule is Cc1ccc(-c2ccc(=O)[nH]n2)cc1N=C=O. The van der Waals surface area contributed by atoms with Gasteiger partial charge in [0.25, 0.3) is 5.56 Å². The minimum Gasteiger partial charge on any atom is -0.268 e. The maximum Gasteiger partial charge on any atom is 0.264 e. The van der Waals surface area contributed by atoms with Gasteiger partial charge in [0.05, 0.1) is 11.4 Å². The highest BCUT2D eigenvalue weighted by Crippen LogP contribution is 2.24. The van der Waals surface area contributed by atoms with Crippen molar-refractivity contribution >= 4 is 11.8 Å². The standard InChI is InChI=1S/C12H9N3O2/c1-8-2-3-9(6-11(8)13-7-16)10-4-5-12(17)15-14-10/h2-6H,1H3,(H,15,17). The Hall–Kier alpha value is -2.52. The zero-order chi connectivity index (χ0) is 12.3. The Morgan fingerprint density at radius 2 is 2.12 bits per heavy atom. The number of carbonyl (C=O) groups excluding carboxylic acids is 1. The molecular formula is C12H9N3O2. The van der Waals surface area contributed by atoms with E-state index in [2.05, 4.69) is 15.2 Å². The van der Waals surface area contributed by atoms with Crippen LogP contribution in [0.25, 0.3) is 11.3 Å². The van der Waals surface area contributed by atoms with E-state index in [9.17, 15) is 9.59 Å². The maximum absolute atomic E-state index is 10.9. The second kappa shape index (κ2) is 4.55. The average Bonchev–Trinajstić information content (AvgIpc) is 2.33. The Balaban J connectivity index is 2.53. The number of aromatic nitrogens is 2. The summed E-state index contributed by atoms with van der Waals surface area (Å²) in [7, 11) is 0. The van der Waals surface area contributed by atoms with E-state index >= 15 is 0 Å². The van der Waals surface area contributed by atoms with Crippen LogP contribution in [-0.2, 0) is 4.79 Å². The normalized spacial score (nSPS) is 9.71. The molecule has 0 aliphatic heterocycles. The minimum absolute atomic E-state index is 0.257. The number of hydrogen-bond acceptors (Lipinski definition) is 4. The van der Waals surface area contributed by atoms with Crippen molar-refractivity contribution in [1.82, 2.24) is 10.2 Å². The molecule has 2 rings (SSSR count). The quantitative estimate of drug-likeness (QED) is 0.626. The molecule has 1 aromatic carbocycles. The smallest absolute Gasteiger partial charge is 0.264 e. The van der Waals surface area contributed by atoms with Crippen molar-refractivity contribution in [2.24, 2.45) is 4.99 Å². The monoisotopic (exact) mass is 227 g/mol. The summed E-state index contributed by atoms with van der Waals surface area (Å²) in [4.78, 5) is 24.8. The number of aromatic amines is 1. The molecule has 0 fully saturated rings. The van der Waals surface area contributed by atoms with Crippen LogP contribution in [0.5, 0.6) is 0 Å². The lowest BCUT2D eigenvalue weighted by atomic mass is 10.1. The van der Waals surface area contributed by atoms with Crippen LogP contribution in [0, 0.1) is 6.92 Å². The highest BCUT2D eigenvalue weighted by Gasteiger charge is 2.03. The molecule has 0 aliphatic rings. The first-order valence-electron chi connectivity index (χ1n) is 4.95. The van der Waals surface area contributed by atoms with E-state index in [1.54, 1.807) is 12.1 Å². The van der Waals surface area contributed by atoms with Gasteiger partial charge in [-0.2, -0.15) is 10.1 Å². The zero-order valence-electron chi connectivity index (χ0n) is 9.10. The number of isocyanates is 1. The topological polar surface area (TPSA) is 75.2 Å². The molecule has 0 aliphatic carbocycles. The second-order valence-corrected chi connectivity index (χ2v) is 3.51. The van der Waals surface area contributed by atoms with Crippen LogP contribution in [0.15, 0.2) is 40.1 Å². The first-order valence-corrected chi connectivity index (χ1v) is 4.95. The molecule has 1 N–H and O–H groups in total. The van der Waals surface area contributed by atoms with Crippen molar-refractivity contribution in [2.75, 3.05) is 0 Å². The fraction of sp³-hybridized carbons (Fsp3) is 0.0833. The maximum atomic E-state index is 10.9. The fourth-order valence-electron chi connectivity index (χ4n) is 1.44. The number of nitrogens with one attached hydrogen (secondary N) is 1. The predicted molar refractivity (Wildman–Crippen MR) is 62.8 cm³/mol. The van der Waals surface area contributed by atoms with Crippen molar-refractivity contribution in [3.8, 4) is 11.3 Å². The summed E-state index contributed by atoms with van der Waals surface area (Å²) in [6.45, 7) is 1.85. The van der Waals surface area contributed by atoms with Crippen LogP contribution >= 0.6 is 0 Å². The lowest BCUT2D eigenvalue weighted by Gasteiger charge is -2.02. The van der Waals surface area contributed by atoms with E-state index in [1.165, 1.54) is 12.1 Å². The van der Waals surface area contributed by atoms with Gasteiger partial charge < -0.3 is 0 Å². The molecule has 0 radical (unpaired) electrons. The summed E-state index contributed by atoms with van der Waals surface area (Å²) in [6.07, 6.45) is 1.51. The first-order chi connectivity index (χ1) is 8.20. The van der Waals surface area contributed by atoms with Gasteiger partial charge in [0.1, 0.15) is 0 Å². The van der Waals surface area contributed by atoms with Crippen LogP contribution in [0.1, 0.15) is 5.56 Å². The van der Waals surface area contributed by atoms with Gasteiger partial charge in [-0.1, -0.05) is 12.1 Å². The molecule has 1 aromatic heterocycles. The summed E-state index contributed by atoms with van der Waals surface area (Å²) in [5, 5.41) is 6.25. The second-order valence-electron chi connectivity index (χ2n) is 3.51. The van der Waals surface area contributed by atoms with Gasteiger partial charge in [0, 0.05) is 11.6 Å². The van der Waals surface area contributed by atoms with Crippen molar-refractivity contribution in [2.45, 2.75) is 6.92 Å². The van der Waals surface area contributed by atoms with Crippen LogP contribution in [0.2, 0.25) is 0 Å². The van der Waals surface area contributed by atoms with Gasteiger partial charge in [-0.15, -0.1) is 0 Å². The summed E-state index contributed by atoms with van der Waals surface area (Å²) >= 11 is 0. The van der Waals surface area contributed by atoms with Gasteiger partial charge in [0.15, 0.2) is 0 Å². The molecule has 0 spiro atoms. The number of aryl methyl sites for hydroxylation is 1. The number of aliphatic imine (C=N–C) groups is 1. The molecule has 0 atom stereocenters. The Labute approximate surface area is 96.8 Å². The third kappa shape index (κ3) is 2.35. The molecule has 2 aromatic rings. The Bertz CT molecular complexity index is 635. The molecule has 5 nitrogen and oxygen atoms in total. The van der Waals surface area contributed by atoms with Gasteiger partial charge in [0.2, 0.25) is 6.08 Å². The molecule has 84 valence electrons. The van der Waals surface area contributed by atoms with Crippen molar-refractivity contribution in [3.05, 3.63) is 46.2 Å². The van der Waals surface area contributed by atoms with Crippen LogP contribution < -0.4 is 5.56 Å². The van der Waals surface area contributed by atoms with E-state index in [-0.39, 0.29) is 5.56 Å². The molecule has 0 amide bonds. The summed E-state index contributed by atoms with van der Waals surface area (Å²) < 4.78 is 0. The Kier molecular flexibility index (Phi) is 2.94. The number of benzene rings is 1. The number of rotatable bonds is 2. The molecule has 0 saturated heterocycles. The minimum atomic E-state index is -0.257. The molecule has 0 saturated carbocycles. The van der Waals surface area contributed by atoms with Crippen LogP contribution in [0.4, 0.5) is 5.69 Å². The molecule has 5 heteroatoms. The van der Waals surface area contributed by atoms with Gasteiger partial charge in [-0.3, -0.25) is 4.79 Å². The summed E-state index contributed by atoms with van der Waals surface area (Å²) in [6, 6.07) is 8.40. The number of hydrogen-bond donors (Lipinski definition) is 1. The van der Waals surface area contributed by atoms with Crippen molar-refractivity contribution in [1.29, 1.82) is 0 Å². The van der Waals surface area contributed by atoms with E-state index < -0.39 is 0 Å². The third-order valence-electron chi connectivity index (χ3n) is 2.35. The number of H-pyrrole nitrogens is 1. The van der Waals surface area contributed by atoms with E-state index in [0.29, 0.717) is 11.4 Å². The van der Waals surface area contributed by atoms with Crippen LogP contribution in [0.3, 0.4) is 0 Å².